The maximum atomic E-state index is 6.24. The van der Waals surface area contributed by atoms with Crippen LogP contribution in [0.25, 0.3) is 6.08 Å². The van der Waals surface area contributed by atoms with Gasteiger partial charge >= 0.3 is 0 Å². The second-order valence-electron chi connectivity index (χ2n) is 8.28. The molecular weight excluding hydrogens is 324 g/mol. The van der Waals surface area contributed by atoms with Crippen molar-refractivity contribution < 1.29 is 4.74 Å². The first-order valence-corrected chi connectivity index (χ1v) is 9.57. The second-order valence-corrected chi connectivity index (χ2v) is 8.28. The van der Waals surface area contributed by atoms with E-state index in [4.69, 9.17) is 10.5 Å². The number of pyridine rings is 1. The van der Waals surface area contributed by atoms with Crippen molar-refractivity contribution in [3.63, 3.8) is 0 Å². The number of hydrogen-bond acceptors (Lipinski definition) is 5. The molecule has 0 aliphatic heterocycles. The first-order chi connectivity index (χ1) is 12.3. The largest absolute Gasteiger partial charge is 0.382 e. The summed E-state index contributed by atoms with van der Waals surface area (Å²) in [7, 11) is 0. The maximum absolute atomic E-state index is 6.24. The van der Waals surface area contributed by atoms with Crippen LogP contribution in [-0.4, -0.2) is 38.0 Å². The summed E-state index contributed by atoms with van der Waals surface area (Å²) in [6.07, 6.45) is 6.27. The van der Waals surface area contributed by atoms with Gasteiger partial charge in [-0.05, 0) is 37.0 Å². The summed E-state index contributed by atoms with van der Waals surface area (Å²) in [4.78, 5) is 11.2. The van der Waals surface area contributed by atoms with Gasteiger partial charge in [-0.15, -0.1) is 0 Å². The highest BCUT2D eigenvalue weighted by Crippen LogP contribution is 2.45. The van der Waals surface area contributed by atoms with Crippen LogP contribution in [0.5, 0.6) is 0 Å². The average molecular weight is 359 g/mol. The van der Waals surface area contributed by atoms with Crippen molar-refractivity contribution in [2.45, 2.75) is 53.4 Å². The van der Waals surface area contributed by atoms with E-state index in [9.17, 15) is 0 Å². The molecule has 0 bridgehead atoms. The monoisotopic (exact) mass is 358 g/mol. The zero-order valence-corrected chi connectivity index (χ0v) is 17.0. The Balaban J connectivity index is 2.52. The van der Waals surface area contributed by atoms with Crippen LogP contribution in [0, 0.1) is 5.41 Å². The quantitative estimate of drug-likeness (QED) is 0.536. The van der Waals surface area contributed by atoms with E-state index in [-0.39, 0.29) is 5.41 Å². The van der Waals surface area contributed by atoms with Gasteiger partial charge in [0.25, 0.3) is 0 Å². The van der Waals surface area contributed by atoms with E-state index in [1.165, 1.54) is 5.56 Å². The van der Waals surface area contributed by atoms with Gasteiger partial charge in [0.05, 0.1) is 18.0 Å². The van der Waals surface area contributed by atoms with Crippen molar-refractivity contribution in [2.24, 2.45) is 10.4 Å². The van der Waals surface area contributed by atoms with Crippen LogP contribution in [0.1, 0.15) is 64.6 Å². The topological polar surface area (TPSA) is 63.7 Å². The molecule has 2 N–H and O–H groups in total. The number of allylic oxidation sites excluding steroid dienone is 1. The molecule has 1 heterocycles. The van der Waals surface area contributed by atoms with Gasteiger partial charge in [0.1, 0.15) is 5.69 Å². The molecule has 1 aromatic heterocycles. The predicted molar refractivity (Wildman–Crippen MR) is 113 cm³/mol. The first kappa shape index (κ1) is 20.4. The Kier molecular flexibility index (Phi) is 6.81. The maximum Gasteiger partial charge on any atom is 0.152 e. The molecule has 1 aliphatic rings. The molecule has 0 fully saturated rings. The zero-order chi connectivity index (χ0) is 19.3. The van der Waals surface area contributed by atoms with E-state index >= 15 is 0 Å². The number of aliphatic imine (C=N–C) groups is 1. The van der Waals surface area contributed by atoms with E-state index in [0.717, 1.165) is 43.9 Å². The van der Waals surface area contributed by atoms with Gasteiger partial charge < -0.3 is 15.4 Å². The van der Waals surface area contributed by atoms with Crippen molar-refractivity contribution in [1.29, 1.82) is 0 Å². The Morgan fingerprint density at radius 3 is 2.73 bits per heavy atom. The third kappa shape index (κ3) is 4.85. The number of nitrogens with zero attached hydrogens (tertiary/aromatic N) is 3. The van der Waals surface area contributed by atoms with Crippen molar-refractivity contribution in [2.75, 3.05) is 36.9 Å². The Morgan fingerprint density at radius 2 is 2.12 bits per heavy atom. The van der Waals surface area contributed by atoms with E-state index in [1.807, 2.05) is 0 Å². The van der Waals surface area contributed by atoms with E-state index < -0.39 is 0 Å². The summed E-state index contributed by atoms with van der Waals surface area (Å²) in [5.41, 5.74) is 10.3. The summed E-state index contributed by atoms with van der Waals surface area (Å²) in [6.45, 7) is 18.0. The van der Waals surface area contributed by atoms with Gasteiger partial charge in [0, 0.05) is 25.3 Å². The highest BCUT2D eigenvalue weighted by atomic mass is 16.5. The first-order valence-electron chi connectivity index (χ1n) is 9.57. The molecule has 1 unspecified atom stereocenters. The van der Waals surface area contributed by atoms with E-state index in [0.29, 0.717) is 24.0 Å². The van der Waals surface area contributed by atoms with E-state index in [2.05, 4.69) is 68.4 Å². The summed E-state index contributed by atoms with van der Waals surface area (Å²) >= 11 is 0. The van der Waals surface area contributed by atoms with Crippen molar-refractivity contribution in [3.05, 3.63) is 17.3 Å². The lowest BCUT2D eigenvalue weighted by molar-refractivity contribution is 0.139. The number of anilines is 2. The van der Waals surface area contributed by atoms with Crippen molar-refractivity contribution in [3.8, 4) is 0 Å². The number of hydrogen-bond donors (Lipinski definition) is 1. The molecule has 0 radical (unpaired) electrons. The Bertz CT molecular complexity index is 661. The summed E-state index contributed by atoms with van der Waals surface area (Å²) in [6, 6.07) is 0. The molecule has 0 spiro atoms. The molecule has 1 atom stereocenters. The minimum absolute atomic E-state index is 0.127. The molecule has 2 rings (SSSR count). The van der Waals surface area contributed by atoms with Crippen LogP contribution < -0.4 is 10.6 Å². The third-order valence-electron chi connectivity index (χ3n) is 4.49. The average Bonchev–Trinajstić information content (AvgIpc) is 2.55. The van der Waals surface area contributed by atoms with Crippen molar-refractivity contribution in [1.82, 2.24) is 4.98 Å². The molecular formula is C21H34N4O. The van der Waals surface area contributed by atoms with Gasteiger partial charge in [0.2, 0.25) is 0 Å². The number of fused-ring (bicyclic) bond motifs is 1. The van der Waals surface area contributed by atoms with Gasteiger partial charge in [0.15, 0.2) is 5.82 Å². The molecule has 0 amide bonds. The van der Waals surface area contributed by atoms with E-state index in [1.54, 1.807) is 0 Å². The molecule has 0 saturated heterocycles. The summed E-state index contributed by atoms with van der Waals surface area (Å²) in [5.74, 6) is 0.818. The minimum Gasteiger partial charge on any atom is -0.382 e. The molecule has 5 heteroatoms. The van der Waals surface area contributed by atoms with Crippen LogP contribution in [0.2, 0.25) is 0 Å². The fraction of sp³-hybridized carbons (Fsp3) is 0.619. The van der Waals surface area contributed by atoms with Crippen LogP contribution in [-0.2, 0) is 4.74 Å². The van der Waals surface area contributed by atoms with Gasteiger partial charge in [-0.2, -0.15) is 0 Å². The number of nitrogens with two attached hydrogens (primary N) is 1. The number of nitrogen functional groups attached to an aromatic ring is 1. The molecule has 1 aromatic rings. The Morgan fingerprint density at radius 1 is 1.38 bits per heavy atom. The smallest absolute Gasteiger partial charge is 0.152 e. The van der Waals surface area contributed by atoms with Gasteiger partial charge in [-0.1, -0.05) is 40.7 Å². The van der Waals surface area contributed by atoms with Crippen LogP contribution in [0.4, 0.5) is 17.2 Å². The SMILES string of the molecule is C=Nc1c(N)nc2c(c1N(CCOCCC)CC(C)(C)C)C(C)CC=C2. The fourth-order valence-corrected chi connectivity index (χ4v) is 3.47. The number of rotatable bonds is 8. The molecule has 144 valence electrons. The third-order valence-corrected chi connectivity index (χ3v) is 4.49. The van der Waals surface area contributed by atoms with Crippen LogP contribution in [0.3, 0.4) is 0 Å². The summed E-state index contributed by atoms with van der Waals surface area (Å²) < 4.78 is 5.78. The van der Waals surface area contributed by atoms with Gasteiger partial charge in [-0.25, -0.2) is 4.98 Å². The predicted octanol–water partition coefficient (Wildman–Crippen LogP) is 4.80. The number of aromatic nitrogens is 1. The minimum atomic E-state index is 0.127. The van der Waals surface area contributed by atoms with Crippen LogP contribution in [0.15, 0.2) is 11.1 Å². The fourth-order valence-electron chi connectivity index (χ4n) is 3.47. The normalized spacial score (nSPS) is 16.4. The molecule has 26 heavy (non-hydrogen) atoms. The standard InChI is InChI=1S/C21H34N4O/c1-7-12-26-13-11-25(14-21(3,4)5)19-17-15(2)9-8-10-16(17)24-20(22)18(19)23-6/h8,10,15H,6-7,9,11-14H2,1-5H3,(H2,22,24). The van der Waals surface area contributed by atoms with Crippen LogP contribution >= 0.6 is 0 Å². The lowest BCUT2D eigenvalue weighted by Gasteiger charge is -2.36. The Labute approximate surface area is 158 Å². The Hall–Kier alpha value is -1.88. The van der Waals surface area contributed by atoms with Gasteiger partial charge in [-0.3, -0.25) is 4.99 Å². The summed E-state index contributed by atoms with van der Waals surface area (Å²) in [5, 5.41) is 0. The highest BCUT2D eigenvalue weighted by molar-refractivity contribution is 5.85. The molecule has 0 saturated carbocycles. The highest BCUT2D eigenvalue weighted by Gasteiger charge is 2.28. The lowest BCUT2D eigenvalue weighted by Crippen LogP contribution is -2.36. The molecule has 5 nitrogen and oxygen atoms in total. The number of ether oxygens (including phenoxy) is 1. The van der Waals surface area contributed by atoms with Crippen molar-refractivity contribution >= 4 is 30.0 Å². The second kappa shape index (κ2) is 8.67. The zero-order valence-electron chi connectivity index (χ0n) is 17.0. The molecule has 1 aliphatic carbocycles. The lowest BCUT2D eigenvalue weighted by atomic mass is 9.88. The molecule has 0 aromatic carbocycles.